The Balaban J connectivity index is 2.12. The lowest BCUT2D eigenvalue weighted by atomic mass is 10.0. The van der Waals surface area contributed by atoms with Gasteiger partial charge in [0.1, 0.15) is 0 Å². The lowest BCUT2D eigenvalue weighted by Crippen LogP contribution is -2.35. The molecule has 0 saturated heterocycles. The number of nitrogens with one attached hydrogen (secondary N) is 1. The molecule has 2 rings (SSSR count). The SMILES string of the molecule is CC1(C)C(C(=O)NC(C(=O)O)c2cccs2)C1(C)C. The van der Waals surface area contributed by atoms with Gasteiger partial charge in [0.25, 0.3) is 0 Å². The van der Waals surface area contributed by atoms with E-state index in [1.54, 1.807) is 12.1 Å². The van der Waals surface area contributed by atoms with Crippen LogP contribution in [0.1, 0.15) is 38.6 Å². The van der Waals surface area contributed by atoms with E-state index in [-0.39, 0.29) is 22.7 Å². The van der Waals surface area contributed by atoms with E-state index < -0.39 is 12.0 Å². The second-order valence-corrected chi connectivity index (χ2v) is 7.15. The van der Waals surface area contributed by atoms with Crippen LogP contribution in [0.4, 0.5) is 0 Å². The van der Waals surface area contributed by atoms with Crippen LogP contribution < -0.4 is 5.32 Å². The third kappa shape index (κ3) is 2.16. The zero-order valence-corrected chi connectivity index (χ0v) is 12.4. The molecule has 1 aliphatic carbocycles. The number of carboxylic acid groups (broad SMARTS) is 1. The first kappa shape index (κ1) is 14.1. The van der Waals surface area contributed by atoms with Gasteiger partial charge < -0.3 is 10.4 Å². The highest BCUT2D eigenvalue weighted by Gasteiger charge is 2.68. The van der Waals surface area contributed by atoms with Crippen molar-refractivity contribution in [3.8, 4) is 0 Å². The van der Waals surface area contributed by atoms with Crippen LogP contribution in [0, 0.1) is 16.7 Å². The normalized spacial score (nSPS) is 21.7. The maximum Gasteiger partial charge on any atom is 0.331 e. The molecule has 1 aromatic heterocycles. The fraction of sp³-hybridized carbons (Fsp3) is 0.571. The van der Waals surface area contributed by atoms with E-state index in [0.29, 0.717) is 4.88 Å². The number of hydrogen-bond acceptors (Lipinski definition) is 3. The summed E-state index contributed by atoms with van der Waals surface area (Å²) in [6, 6.07) is 2.57. The molecular formula is C14H19NO3S. The van der Waals surface area contributed by atoms with Crippen molar-refractivity contribution in [2.24, 2.45) is 16.7 Å². The number of carboxylic acids is 1. The van der Waals surface area contributed by atoms with Gasteiger partial charge in [0, 0.05) is 10.8 Å². The number of hydrogen-bond donors (Lipinski definition) is 2. The van der Waals surface area contributed by atoms with Crippen LogP contribution in [-0.2, 0) is 9.59 Å². The Morgan fingerprint density at radius 1 is 1.32 bits per heavy atom. The molecular weight excluding hydrogens is 262 g/mol. The molecule has 0 aromatic carbocycles. The first-order valence-electron chi connectivity index (χ1n) is 6.26. The smallest absolute Gasteiger partial charge is 0.331 e. The zero-order valence-electron chi connectivity index (χ0n) is 11.6. The number of carbonyl (C=O) groups is 2. The third-order valence-electron chi connectivity index (χ3n) is 4.64. The molecule has 5 heteroatoms. The van der Waals surface area contributed by atoms with Crippen LogP contribution in [0.3, 0.4) is 0 Å². The molecule has 1 unspecified atom stereocenters. The number of rotatable bonds is 4. The molecule has 1 aliphatic rings. The van der Waals surface area contributed by atoms with Crippen molar-refractivity contribution >= 4 is 23.2 Å². The molecule has 0 aliphatic heterocycles. The predicted octanol–water partition coefficient (Wildman–Crippen LogP) is 2.67. The summed E-state index contributed by atoms with van der Waals surface area (Å²) in [5, 5.41) is 13.7. The van der Waals surface area contributed by atoms with Crippen LogP contribution in [0.25, 0.3) is 0 Å². The minimum Gasteiger partial charge on any atom is -0.479 e. The highest BCUT2D eigenvalue weighted by atomic mass is 32.1. The average molecular weight is 281 g/mol. The minimum absolute atomic E-state index is 0.0877. The number of carbonyl (C=O) groups excluding carboxylic acids is 1. The van der Waals surface area contributed by atoms with Gasteiger partial charge in [-0.3, -0.25) is 4.79 Å². The summed E-state index contributed by atoms with van der Waals surface area (Å²) >= 11 is 1.34. The Bertz CT molecular complexity index is 491. The second kappa shape index (κ2) is 4.34. The molecule has 4 nitrogen and oxygen atoms in total. The molecule has 0 spiro atoms. The number of aliphatic carboxylic acids is 1. The molecule has 1 heterocycles. The Labute approximate surface area is 116 Å². The van der Waals surface area contributed by atoms with Crippen LogP contribution in [0.5, 0.6) is 0 Å². The van der Waals surface area contributed by atoms with E-state index in [1.165, 1.54) is 11.3 Å². The van der Waals surface area contributed by atoms with Gasteiger partial charge in [-0.1, -0.05) is 33.8 Å². The molecule has 2 N–H and O–H groups in total. The van der Waals surface area contributed by atoms with Crippen LogP contribution >= 0.6 is 11.3 Å². The van der Waals surface area contributed by atoms with E-state index in [4.69, 9.17) is 0 Å². The average Bonchev–Trinajstić information content (AvgIpc) is 2.71. The van der Waals surface area contributed by atoms with Crippen molar-refractivity contribution < 1.29 is 14.7 Å². The van der Waals surface area contributed by atoms with Crippen molar-refractivity contribution in [1.82, 2.24) is 5.32 Å². The van der Waals surface area contributed by atoms with E-state index in [2.05, 4.69) is 5.32 Å². The Morgan fingerprint density at radius 2 is 1.89 bits per heavy atom. The monoisotopic (exact) mass is 281 g/mol. The molecule has 1 amide bonds. The summed E-state index contributed by atoms with van der Waals surface area (Å²) in [6.45, 7) is 8.16. The van der Waals surface area contributed by atoms with Gasteiger partial charge in [-0.25, -0.2) is 4.79 Å². The maximum absolute atomic E-state index is 12.3. The first-order valence-corrected chi connectivity index (χ1v) is 7.14. The van der Waals surface area contributed by atoms with Gasteiger partial charge in [-0.15, -0.1) is 11.3 Å². The van der Waals surface area contributed by atoms with Crippen molar-refractivity contribution in [3.05, 3.63) is 22.4 Å². The van der Waals surface area contributed by atoms with E-state index in [1.807, 2.05) is 33.1 Å². The summed E-state index contributed by atoms with van der Waals surface area (Å²) < 4.78 is 0. The fourth-order valence-electron chi connectivity index (χ4n) is 2.79. The third-order valence-corrected chi connectivity index (χ3v) is 5.58. The maximum atomic E-state index is 12.3. The molecule has 1 aromatic rings. The van der Waals surface area contributed by atoms with Gasteiger partial charge in [0.05, 0.1) is 0 Å². The van der Waals surface area contributed by atoms with E-state index in [0.717, 1.165) is 0 Å². The van der Waals surface area contributed by atoms with Crippen molar-refractivity contribution in [2.45, 2.75) is 33.7 Å². The Morgan fingerprint density at radius 3 is 2.26 bits per heavy atom. The molecule has 1 atom stereocenters. The highest BCUT2D eigenvalue weighted by molar-refractivity contribution is 7.10. The van der Waals surface area contributed by atoms with Gasteiger partial charge in [-0.2, -0.15) is 0 Å². The molecule has 104 valence electrons. The Kier molecular flexibility index (Phi) is 3.21. The second-order valence-electron chi connectivity index (χ2n) is 6.17. The van der Waals surface area contributed by atoms with Gasteiger partial charge >= 0.3 is 5.97 Å². The molecule has 1 fully saturated rings. The van der Waals surface area contributed by atoms with Crippen LogP contribution in [-0.4, -0.2) is 17.0 Å². The Hall–Kier alpha value is -1.36. The topological polar surface area (TPSA) is 66.4 Å². The lowest BCUT2D eigenvalue weighted by Gasteiger charge is -2.13. The van der Waals surface area contributed by atoms with Crippen molar-refractivity contribution in [2.75, 3.05) is 0 Å². The summed E-state index contributed by atoms with van der Waals surface area (Å²) in [6.07, 6.45) is 0. The van der Waals surface area contributed by atoms with E-state index >= 15 is 0 Å². The predicted molar refractivity (Wildman–Crippen MR) is 73.9 cm³/mol. The molecule has 19 heavy (non-hydrogen) atoms. The zero-order chi connectivity index (χ0) is 14.4. The van der Waals surface area contributed by atoms with Crippen molar-refractivity contribution in [1.29, 1.82) is 0 Å². The van der Waals surface area contributed by atoms with Crippen molar-refractivity contribution in [3.63, 3.8) is 0 Å². The molecule has 0 bridgehead atoms. The van der Waals surface area contributed by atoms with Crippen LogP contribution in [0.15, 0.2) is 17.5 Å². The summed E-state index contributed by atoms with van der Waals surface area (Å²) in [5.41, 5.74) is -0.175. The highest BCUT2D eigenvalue weighted by Crippen LogP contribution is 2.68. The van der Waals surface area contributed by atoms with Gasteiger partial charge in [-0.05, 0) is 22.3 Å². The fourth-order valence-corrected chi connectivity index (χ4v) is 3.55. The summed E-state index contributed by atoms with van der Waals surface area (Å²) in [5.74, 6) is -1.33. The minimum atomic E-state index is -1.02. The van der Waals surface area contributed by atoms with Crippen LogP contribution in [0.2, 0.25) is 0 Å². The lowest BCUT2D eigenvalue weighted by molar-refractivity contribution is -0.142. The molecule has 1 saturated carbocycles. The largest absolute Gasteiger partial charge is 0.479 e. The van der Waals surface area contributed by atoms with E-state index in [9.17, 15) is 14.7 Å². The van der Waals surface area contributed by atoms with Gasteiger partial charge in [0.15, 0.2) is 6.04 Å². The summed E-state index contributed by atoms with van der Waals surface area (Å²) in [7, 11) is 0. The quantitative estimate of drug-likeness (QED) is 0.891. The van der Waals surface area contributed by atoms with Gasteiger partial charge in [0.2, 0.25) is 5.91 Å². The standard InChI is InChI=1S/C14H19NO3S/c1-13(2)10(14(13,3)4)11(16)15-9(12(17)18)8-6-5-7-19-8/h5-7,9-10H,1-4H3,(H,15,16)(H,17,18). The number of thiophene rings is 1. The summed E-state index contributed by atoms with van der Waals surface area (Å²) in [4.78, 5) is 24.2. The first-order chi connectivity index (χ1) is 8.69. The molecule has 0 radical (unpaired) electrons. The number of amides is 1.